The molecule has 0 aliphatic heterocycles. The Kier molecular flexibility index (Phi) is 3.23. The first-order valence-corrected chi connectivity index (χ1v) is 6.89. The van der Waals surface area contributed by atoms with Crippen molar-refractivity contribution in [2.45, 2.75) is 0 Å². The molecule has 6 heteroatoms. The molecule has 0 bridgehead atoms. The molecule has 0 unspecified atom stereocenters. The molecule has 2 aromatic carbocycles. The Morgan fingerprint density at radius 1 is 1.25 bits per heavy atom. The van der Waals surface area contributed by atoms with Crippen LogP contribution >= 0.6 is 27.5 Å². The van der Waals surface area contributed by atoms with Gasteiger partial charge in [-0.1, -0.05) is 27.5 Å². The van der Waals surface area contributed by atoms with Gasteiger partial charge in [0.15, 0.2) is 0 Å². The third-order valence-electron chi connectivity index (χ3n) is 2.96. The van der Waals surface area contributed by atoms with Crippen LogP contribution in [0.15, 0.2) is 47.2 Å². The number of aromatic carboxylic acids is 1. The second-order valence-corrected chi connectivity index (χ2v) is 5.54. The highest BCUT2D eigenvalue weighted by Gasteiger charge is 2.11. The van der Waals surface area contributed by atoms with Gasteiger partial charge >= 0.3 is 5.97 Å². The standard InChI is InChI=1S/C14H8BrClN2O2/c15-9-2-3-10(16)12(6-9)18-7-17-11-4-1-8(14(19)20)5-13(11)18/h1-7H,(H,19,20). The summed E-state index contributed by atoms with van der Waals surface area (Å²) in [6.07, 6.45) is 1.63. The zero-order chi connectivity index (χ0) is 14.3. The second kappa shape index (κ2) is 4.92. The molecule has 0 amide bonds. The van der Waals surface area contributed by atoms with Crippen LogP contribution in [-0.4, -0.2) is 20.6 Å². The minimum atomic E-state index is -0.972. The van der Waals surface area contributed by atoms with Crippen LogP contribution in [0.4, 0.5) is 0 Å². The molecule has 1 N–H and O–H groups in total. The molecule has 1 aromatic heterocycles. The summed E-state index contributed by atoms with van der Waals surface area (Å²) >= 11 is 9.60. The smallest absolute Gasteiger partial charge is 0.335 e. The predicted octanol–water partition coefficient (Wildman–Crippen LogP) is 4.14. The van der Waals surface area contributed by atoms with Crippen molar-refractivity contribution in [3.63, 3.8) is 0 Å². The van der Waals surface area contributed by atoms with Gasteiger partial charge < -0.3 is 5.11 Å². The van der Waals surface area contributed by atoms with E-state index in [1.807, 2.05) is 12.1 Å². The Morgan fingerprint density at radius 3 is 2.80 bits per heavy atom. The maximum Gasteiger partial charge on any atom is 0.335 e. The highest BCUT2D eigenvalue weighted by molar-refractivity contribution is 9.10. The van der Waals surface area contributed by atoms with E-state index in [1.54, 1.807) is 29.1 Å². The number of benzene rings is 2. The molecular formula is C14H8BrClN2O2. The summed E-state index contributed by atoms with van der Waals surface area (Å²) in [5.41, 5.74) is 2.37. The maximum absolute atomic E-state index is 11.1. The molecule has 0 saturated carbocycles. The van der Waals surface area contributed by atoms with Crippen LogP contribution in [0.2, 0.25) is 5.02 Å². The highest BCUT2D eigenvalue weighted by Crippen LogP contribution is 2.28. The summed E-state index contributed by atoms with van der Waals surface area (Å²) in [6.45, 7) is 0. The second-order valence-electron chi connectivity index (χ2n) is 4.22. The lowest BCUT2D eigenvalue weighted by atomic mass is 10.2. The van der Waals surface area contributed by atoms with Crippen molar-refractivity contribution in [1.82, 2.24) is 9.55 Å². The fraction of sp³-hybridized carbons (Fsp3) is 0. The molecule has 20 heavy (non-hydrogen) atoms. The number of halogens is 2. The van der Waals surface area contributed by atoms with E-state index in [0.717, 1.165) is 10.2 Å². The van der Waals surface area contributed by atoms with Crippen molar-refractivity contribution in [1.29, 1.82) is 0 Å². The highest BCUT2D eigenvalue weighted by atomic mass is 79.9. The number of imidazole rings is 1. The van der Waals surface area contributed by atoms with E-state index in [-0.39, 0.29) is 5.56 Å². The van der Waals surface area contributed by atoms with Gasteiger partial charge in [-0.25, -0.2) is 9.78 Å². The van der Waals surface area contributed by atoms with Gasteiger partial charge in [0.05, 0.1) is 27.3 Å². The zero-order valence-electron chi connectivity index (χ0n) is 10.0. The third-order valence-corrected chi connectivity index (χ3v) is 3.77. The van der Waals surface area contributed by atoms with E-state index in [9.17, 15) is 4.79 Å². The van der Waals surface area contributed by atoms with Crippen LogP contribution in [0.25, 0.3) is 16.7 Å². The quantitative estimate of drug-likeness (QED) is 0.755. The SMILES string of the molecule is O=C(O)c1ccc2ncn(-c3cc(Br)ccc3Cl)c2c1. The Morgan fingerprint density at radius 2 is 2.05 bits per heavy atom. The van der Waals surface area contributed by atoms with E-state index < -0.39 is 5.97 Å². The molecule has 0 fully saturated rings. The number of aromatic nitrogens is 2. The van der Waals surface area contributed by atoms with E-state index in [0.29, 0.717) is 16.1 Å². The van der Waals surface area contributed by atoms with Crippen molar-refractivity contribution in [2.75, 3.05) is 0 Å². The zero-order valence-corrected chi connectivity index (χ0v) is 12.4. The van der Waals surface area contributed by atoms with Gasteiger partial charge in [-0.3, -0.25) is 4.57 Å². The number of nitrogens with zero attached hydrogens (tertiary/aromatic N) is 2. The molecule has 0 spiro atoms. The average Bonchev–Trinajstić information content (AvgIpc) is 2.84. The molecule has 3 rings (SSSR count). The number of rotatable bonds is 2. The van der Waals surface area contributed by atoms with Crippen LogP contribution < -0.4 is 0 Å². The third kappa shape index (κ3) is 2.19. The normalized spacial score (nSPS) is 10.9. The van der Waals surface area contributed by atoms with Gasteiger partial charge in [0, 0.05) is 4.47 Å². The summed E-state index contributed by atoms with van der Waals surface area (Å²) in [5, 5.41) is 9.64. The molecule has 0 aliphatic rings. The number of hydrogen-bond donors (Lipinski definition) is 1. The van der Waals surface area contributed by atoms with Crippen LogP contribution in [0.1, 0.15) is 10.4 Å². The van der Waals surface area contributed by atoms with E-state index >= 15 is 0 Å². The molecule has 0 saturated heterocycles. The van der Waals surface area contributed by atoms with E-state index in [2.05, 4.69) is 20.9 Å². The van der Waals surface area contributed by atoms with Crippen LogP contribution in [-0.2, 0) is 0 Å². The molecule has 0 radical (unpaired) electrons. The number of carboxylic acid groups (broad SMARTS) is 1. The molecular weight excluding hydrogens is 344 g/mol. The summed E-state index contributed by atoms with van der Waals surface area (Å²) in [4.78, 5) is 15.3. The minimum Gasteiger partial charge on any atom is -0.478 e. The monoisotopic (exact) mass is 350 g/mol. The minimum absolute atomic E-state index is 0.213. The van der Waals surface area contributed by atoms with Crippen LogP contribution in [0.3, 0.4) is 0 Å². The van der Waals surface area contributed by atoms with Crippen molar-refractivity contribution in [3.05, 3.63) is 57.8 Å². The lowest BCUT2D eigenvalue weighted by molar-refractivity contribution is 0.0697. The van der Waals surface area contributed by atoms with Gasteiger partial charge in [0.1, 0.15) is 6.33 Å². The number of carbonyl (C=O) groups is 1. The Labute approximate surface area is 127 Å². The fourth-order valence-electron chi connectivity index (χ4n) is 2.00. The fourth-order valence-corrected chi connectivity index (χ4v) is 2.56. The average molecular weight is 352 g/mol. The van der Waals surface area contributed by atoms with Gasteiger partial charge in [-0.15, -0.1) is 0 Å². The lowest BCUT2D eigenvalue weighted by Gasteiger charge is -2.07. The van der Waals surface area contributed by atoms with Gasteiger partial charge in [0.2, 0.25) is 0 Å². The van der Waals surface area contributed by atoms with Crippen molar-refractivity contribution < 1.29 is 9.90 Å². The topological polar surface area (TPSA) is 55.1 Å². The van der Waals surface area contributed by atoms with Gasteiger partial charge in [-0.05, 0) is 36.4 Å². The molecule has 1 heterocycles. The summed E-state index contributed by atoms with van der Waals surface area (Å²) in [6, 6.07) is 10.3. The van der Waals surface area contributed by atoms with Crippen molar-refractivity contribution in [2.24, 2.45) is 0 Å². The maximum atomic E-state index is 11.1. The first-order valence-electron chi connectivity index (χ1n) is 5.72. The molecule has 0 aliphatic carbocycles. The molecule has 0 atom stereocenters. The van der Waals surface area contributed by atoms with Crippen molar-refractivity contribution >= 4 is 44.5 Å². The van der Waals surface area contributed by atoms with Gasteiger partial charge in [0.25, 0.3) is 0 Å². The molecule has 100 valence electrons. The predicted molar refractivity (Wildman–Crippen MR) is 80.7 cm³/mol. The lowest BCUT2D eigenvalue weighted by Crippen LogP contribution is -1.98. The van der Waals surface area contributed by atoms with Crippen LogP contribution in [0, 0.1) is 0 Å². The first kappa shape index (κ1) is 13.1. The molecule has 3 aromatic rings. The Balaban J connectivity index is 2.28. The number of hydrogen-bond acceptors (Lipinski definition) is 2. The summed E-state index contributed by atoms with van der Waals surface area (Å²) < 4.78 is 2.66. The largest absolute Gasteiger partial charge is 0.478 e. The number of fused-ring (bicyclic) bond motifs is 1. The number of carboxylic acids is 1. The first-order chi connectivity index (χ1) is 9.56. The summed E-state index contributed by atoms with van der Waals surface area (Å²) in [7, 11) is 0. The van der Waals surface area contributed by atoms with Crippen molar-refractivity contribution in [3.8, 4) is 5.69 Å². The Bertz CT molecular complexity index is 829. The van der Waals surface area contributed by atoms with Crippen LogP contribution in [0.5, 0.6) is 0 Å². The molecule has 4 nitrogen and oxygen atoms in total. The van der Waals surface area contributed by atoms with E-state index in [4.69, 9.17) is 16.7 Å². The van der Waals surface area contributed by atoms with Gasteiger partial charge in [-0.2, -0.15) is 0 Å². The Hall–Kier alpha value is -1.85. The summed E-state index contributed by atoms with van der Waals surface area (Å²) in [5.74, 6) is -0.972. The van der Waals surface area contributed by atoms with E-state index in [1.165, 1.54) is 6.07 Å².